The summed E-state index contributed by atoms with van der Waals surface area (Å²) >= 11 is 0. The van der Waals surface area contributed by atoms with Crippen LogP contribution >= 0.6 is 0 Å². The van der Waals surface area contributed by atoms with E-state index in [1.54, 1.807) is 7.05 Å². The lowest BCUT2D eigenvalue weighted by atomic mass is 10.0. The largest absolute Gasteiger partial charge is 0.481 e. The van der Waals surface area contributed by atoms with Gasteiger partial charge in [-0.2, -0.15) is 0 Å². The Bertz CT molecular complexity index is 1580. The van der Waals surface area contributed by atoms with Crippen molar-refractivity contribution < 1.29 is 78.6 Å². The number of amides is 5. The number of rotatable bonds is 45. The molecule has 5 atom stereocenters. The van der Waals surface area contributed by atoms with E-state index >= 15 is 0 Å². The van der Waals surface area contributed by atoms with Crippen LogP contribution in [0.3, 0.4) is 0 Å². The highest BCUT2D eigenvalue weighted by atomic mass is 16.5. The van der Waals surface area contributed by atoms with Gasteiger partial charge in [0.2, 0.25) is 29.5 Å². The number of aliphatic carboxylic acids is 4. The van der Waals surface area contributed by atoms with Crippen LogP contribution in [0.25, 0.3) is 0 Å². The molecule has 0 radical (unpaired) electrons. The van der Waals surface area contributed by atoms with E-state index in [1.807, 2.05) is 0 Å². The molecule has 0 heterocycles. The van der Waals surface area contributed by atoms with Gasteiger partial charge in [-0.05, 0) is 71.8 Å². The van der Waals surface area contributed by atoms with Crippen LogP contribution in [-0.2, 0) is 47.9 Å². The van der Waals surface area contributed by atoms with Crippen LogP contribution in [0.1, 0.15) is 187 Å². The zero-order chi connectivity index (χ0) is 52.0. The number of aliphatic hydroxyl groups is 2. The van der Waals surface area contributed by atoms with Gasteiger partial charge < -0.3 is 62.5 Å². The van der Waals surface area contributed by atoms with Crippen molar-refractivity contribution in [3.8, 4) is 0 Å². The van der Waals surface area contributed by atoms with Crippen LogP contribution < -0.4 is 31.9 Å². The molecule has 5 amide bonds. The number of carbonyl (C=O) groups excluding carboxylic acids is 6. The van der Waals surface area contributed by atoms with Crippen LogP contribution in [0, 0.1) is 0 Å². The van der Waals surface area contributed by atoms with Crippen molar-refractivity contribution in [1.29, 1.82) is 0 Å². The van der Waals surface area contributed by atoms with Gasteiger partial charge in [-0.15, -0.1) is 0 Å². The Kier molecular flexibility index (Phi) is 36.6. The number of carboxylic acid groups (broad SMARTS) is 4. The van der Waals surface area contributed by atoms with Crippen molar-refractivity contribution in [2.75, 3.05) is 13.6 Å². The SMILES string of the molecule is CN[C@@H](CCCCNC(=O)CC[C@@H](CC(O)O)NC(=O)CC[C@H](NC(=O)CC[C@H](NC(=O)CC[C@H](NC(=O)CCCCCCCCCCCCCCCCC(=O)O)C(=O)O)C(=O)O)C(=O)O)C(C)=O. The van der Waals surface area contributed by atoms with Gasteiger partial charge in [-0.25, -0.2) is 14.4 Å². The van der Waals surface area contributed by atoms with Crippen molar-refractivity contribution in [1.82, 2.24) is 31.9 Å². The fourth-order valence-corrected chi connectivity index (χ4v) is 7.53. The summed E-state index contributed by atoms with van der Waals surface area (Å²) in [5.41, 5.74) is 0. The molecular formula is C47H82N6O16. The topological polar surface area (TPSA) is 364 Å². The molecule has 0 saturated heterocycles. The molecule has 0 aromatic heterocycles. The van der Waals surface area contributed by atoms with Gasteiger partial charge >= 0.3 is 23.9 Å². The van der Waals surface area contributed by atoms with Gasteiger partial charge in [0.1, 0.15) is 23.9 Å². The second-order valence-electron chi connectivity index (χ2n) is 17.7. The number of hydrogen-bond donors (Lipinski definition) is 12. The number of carbonyl (C=O) groups is 10. The highest BCUT2D eigenvalue weighted by molar-refractivity contribution is 5.87. The van der Waals surface area contributed by atoms with Crippen molar-refractivity contribution in [2.24, 2.45) is 0 Å². The Morgan fingerprint density at radius 2 is 0.754 bits per heavy atom. The fourth-order valence-electron chi connectivity index (χ4n) is 7.53. The Balaban J connectivity index is 4.62. The summed E-state index contributed by atoms with van der Waals surface area (Å²) in [6, 6.07) is -5.70. The first-order valence-corrected chi connectivity index (χ1v) is 24.6. The van der Waals surface area contributed by atoms with Gasteiger partial charge in [-0.3, -0.25) is 33.6 Å². The molecule has 396 valence electrons. The lowest BCUT2D eigenvalue weighted by Gasteiger charge is -2.21. The minimum Gasteiger partial charge on any atom is -0.481 e. The van der Waals surface area contributed by atoms with Gasteiger partial charge in [-0.1, -0.05) is 77.0 Å². The van der Waals surface area contributed by atoms with Crippen molar-refractivity contribution in [3.63, 3.8) is 0 Å². The molecule has 22 nitrogen and oxygen atoms in total. The molecule has 0 fully saturated rings. The molecule has 0 saturated carbocycles. The zero-order valence-electron chi connectivity index (χ0n) is 40.7. The Hall–Kier alpha value is -5.22. The van der Waals surface area contributed by atoms with Crippen LogP contribution in [0.4, 0.5) is 0 Å². The average molecular weight is 987 g/mol. The van der Waals surface area contributed by atoms with Gasteiger partial charge in [0, 0.05) is 57.5 Å². The molecule has 69 heavy (non-hydrogen) atoms. The highest BCUT2D eigenvalue weighted by Gasteiger charge is 2.27. The second kappa shape index (κ2) is 39.6. The monoisotopic (exact) mass is 987 g/mol. The van der Waals surface area contributed by atoms with E-state index in [0.717, 1.165) is 70.6 Å². The van der Waals surface area contributed by atoms with E-state index < -0.39 is 110 Å². The molecule has 12 N–H and O–H groups in total. The number of carboxylic acids is 4. The molecule has 0 aliphatic rings. The third kappa shape index (κ3) is 36.4. The molecule has 0 spiro atoms. The van der Waals surface area contributed by atoms with E-state index in [2.05, 4.69) is 31.9 Å². The molecule has 0 aromatic carbocycles. The summed E-state index contributed by atoms with van der Waals surface area (Å²) in [6.07, 6.45) is 11.6. The van der Waals surface area contributed by atoms with Gasteiger partial charge in [0.15, 0.2) is 6.29 Å². The van der Waals surface area contributed by atoms with Crippen LogP contribution in [-0.4, -0.2) is 140 Å². The van der Waals surface area contributed by atoms with Gasteiger partial charge in [0.05, 0.1) is 6.04 Å². The zero-order valence-corrected chi connectivity index (χ0v) is 40.7. The normalized spacial score (nSPS) is 13.3. The number of unbranched alkanes of at least 4 members (excludes halogenated alkanes) is 14. The molecule has 0 aliphatic heterocycles. The molecular weight excluding hydrogens is 905 g/mol. The Morgan fingerprint density at radius 3 is 1.12 bits per heavy atom. The number of ketones is 1. The minimum atomic E-state index is -1.82. The van der Waals surface area contributed by atoms with Crippen LogP contribution in [0.15, 0.2) is 0 Å². The van der Waals surface area contributed by atoms with E-state index in [4.69, 9.17) is 5.11 Å². The maximum Gasteiger partial charge on any atom is 0.326 e. The first-order valence-electron chi connectivity index (χ1n) is 24.6. The lowest BCUT2D eigenvalue weighted by Crippen LogP contribution is -2.45. The first kappa shape index (κ1) is 63.8. The molecule has 0 unspecified atom stereocenters. The molecule has 0 aliphatic carbocycles. The predicted molar refractivity (Wildman–Crippen MR) is 252 cm³/mol. The lowest BCUT2D eigenvalue weighted by molar-refractivity contribution is -0.144. The standard InChI is InChI=1S/C47H82N6O16/c1-32(54)34(48-2)19-17-18-30-49-38(55)26-22-33(31-44(62)63)50-40(57)27-23-36(46(66)67)52-42(59)29-25-37(47(68)69)53-41(58)28-24-35(45(64)65)51-39(56)20-15-13-11-9-7-5-3-4-6-8-10-12-14-16-21-43(60)61/h33-37,44,48,62-63H,3-31H2,1-2H3,(H,49,55)(H,50,57)(H,51,56)(H,52,59)(H,53,58)(H,60,61)(H,64,65)(H,66,67)(H,68,69)/t33-,34-,35-,36-,37-/m0/s1. The average Bonchev–Trinajstić information content (AvgIpc) is 3.27. The minimum absolute atomic E-state index is 0.0162. The number of aliphatic hydroxyl groups excluding tert-OH is 1. The van der Waals surface area contributed by atoms with Crippen molar-refractivity contribution >= 4 is 59.2 Å². The van der Waals surface area contributed by atoms with E-state index in [9.17, 15) is 73.5 Å². The van der Waals surface area contributed by atoms with E-state index in [-0.39, 0.29) is 56.3 Å². The Labute approximate surface area is 405 Å². The third-order valence-electron chi connectivity index (χ3n) is 11.6. The molecule has 0 rings (SSSR count). The number of likely N-dealkylation sites (N-methyl/N-ethyl adjacent to an activating group) is 1. The van der Waals surface area contributed by atoms with Gasteiger partial charge in [0.25, 0.3) is 0 Å². The summed E-state index contributed by atoms with van der Waals surface area (Å²) in [4.78, 5) is 120. The van der Waals surface area contributed by atoms with Crippen LogP contribution in [0.2, 0.25) is 0 Å². The smallest absolute Gasteiger partial charge is 0.326 e. The number of Topliss-reactive ketones (excluding diaryl/α,β-unsaturated/α-hetero) is 1. The van der Waals surface area contributed by atoms with Crippen molar-refractivity contribution in [2.45, 2.75) is 223 Å². The number of hydrogen-bond acceptors (Lipinski definition) is 13. The summed E-state index contributed by atoms with van der Waals surface area (Å²) in [7, 11) is 1.69. The first-order chi connectivity index (χ1) is 32.7. The van der Waals surface area contributed by atoms with Crippen molar-refractivity contribution in [3.05, 3.63) is 0 Å². The second-order valence-corrected chi connectivity index (χ2v) is 17.7. The predicted octanol–water partition coefficient (Wildman–Crippen LogP) is 2.79. The maximum atomic E-state index is 12.7. The van der Waals surface area contributed by atoms with E-state index in [1.165, 1.54) is 19.8 Å². The molecule has 0 aromatic rings. The summed E-state index contributed by atoms with van der Waals surface area (Å²) < 4.78 is 0. The third-order valence-corrected chi connectivity index (χ3v) is 11.6. The summed E-state index contributed by atoms with van der Waals surface area (Å²) in [6.45, 7) is 1.84. The Morgan fingerprint density at radius 1 is 0.391 bits per heavy atom. The summed E-state index contributed by atoms with van der Waals surface area (Å²) in [5, 5.41) is 71.6. The molecule has 0 bridgehead atoms. The fraction of sp³-hybridized carbons (Fsp3) is 0.787. The summed E-state index contributed by atoms with van der Waals surface area (Å²) in [5.74, 6) is -8.38. The maximum absolute atomic E-state index is 12.7. The van der Waals surface area contributed by atoms with E-state index in [0.29, 0.717) is 32.2 Å². The number of nitrogens with one attached hydrogen (secondary N) is 6. The quantitative estimate of drug-likeness (QED) is 0.0308. The highest BCUT2D eigenvalue weighted by Crippen LogP contribution is 2.15. The van der Waals surface area contributed by atoms with Crippen LogP contribution in [0.5, 0.6) is 0 Å². The molecule has 22 heteroatoms.